The Morgan fingerprint density at radius 3 is 2.67 bits per heavy atom. The van der Waals surface area contributed by atoms with E-state index in [0.29, 0.717) is 18.5 Å². The molecule has 1 aliphatic rings. The van der Waals surface area contributed by atoms with Gasteiger partial charge in [-0.15, -0.1) is 0 Å². The summed E-state index contributed by atoms with van der Waals surface area (Å²) in [5.41, 5.74) is 1.20. The van der Waals surface area contributed by atoms with Crippen LogP contribution in [0.2, 0.25) is 0 Å². The summed E-state index contributed by atoms with van der Waals surface area (Å²) >= 11 is 0. The largest absolute Gasteiger partial charge is 0.316 e. The summed E-state index contributed by atoms with van der Waals surface area (Å²) in [6, 6.07) is 7.27. The fourth-order valence-corrected chi connectivity index (χ4v) is 3.38. The molecule has 1 aromatic rings. The molecule has 1 aliphatic carbocycles. The first-order valence-corrected chi connectivity index (χ1v) is 7.87. The molecule has 1 N–H and O–H groups in total. The Hall–Kier alpha value is -1.40. The highest BCUT2D eigenvalue weighted by Gasteiger charge is 2.40. The van der Waals surface area contributed by atoms with Crippen LogP contribution in [0.1, 0.15) is 45.1 Å². The molecule has 0 saturated heterocycles. The quantitative estimate of drug-likeness (QED) is 0.793. The van der Waals surface area contributed by atoms with Gasteiger partial charge in [0.05, 0.1) is 0 Å². The predicted molar refractivity (Wildman–Crippen MR) is 84.2 cm³/mol. The van der Waals surface area contributed by atoms with Crippen LogP contribution in [0, 0.1) is 23.7 Å². The number of nitrogens with one attached hydrogen (secondary N) is 1. The lowest BCUT2D eigenvalue weighted by atomic mass is 9.66. The molecule has 2 rings (SSSR count). The molecule has 1 aromatic carbocycles. The van der Waals surface area contributed by atoms with E-state index in [2.05, 4.69) is 24.0 Å². The zero-order valence-corrected chi connectivity index (χ0v) is 13.0. The lowest BCUT2D eigenvalue weighted by Crippen LogP contribution is -2.41. The van der Waals surface area contributed by atoms with E-state index in [4.69, 9.17) is 6.57 Å². The number of halogens is 1. The van der Waals surface area contributed by atoms with Gasteiger partial charge in [0, 0.05) is 18.0 Å². The SMILES string of the molecule is [C-]#[N+]CC1(C(C)C)CCC(NCc2cccc(F)c2)CC1. The second-order valence-corrected chi connectivity index (χ2v) is 6.62. The van der Waals surface area contributed by atoms with Crippen LogP contribution in [0.4, 0.5) is 4.39 Å². The lowest BCUT2D eigenvalue weighted by molar-refractivity contribution is 0.119. The van der Waals surface area contributed by atoms with Crippen molar-refractivity contribution < 1.29 is 4.39 Å². The van der Waals surface area contributed by atoms with Crippen molar-refractivity contribution in [1.82, 2.24) is 5.32 Å². The van der Waals surface area contributed by atoms with Gasteiger partial charge >= 0.3 is 0 Å². The van der Waals surface area contributed by atoms with Gasteiger partial charge in [0.1, 0.15) is 5.82 Å². The molecule has 0 bridgehead atoms. The van der Waals surface area contributed by atoms with Crippen LogP contribution in [0.15, 0.2) is 24.3 Å². The van der Waals surface area contributed by atoms with Crippen molar-refractivity contribution >= 4 is 0 Å². The standard InChI is InChI=1S/C18H25FN2/c1-14(2)18(13-20-3)9-7-17(8-10-18)21-12-15-5-4-6-16(19)11-15/h4-6,11,14,17,21H,7-10,12-13H2,1-2H3. The first-order chi connectivity index (χ1) is 10.1. The van der Waals surface area contributed by atoms with E-state index in [9.17, 15) is 4.39 Å². The first-order valence-electron chi connectivity index (χ1n) is 7.87. The summed E-state index contributed by atoms with van der Waals surface area (Å²) in [7, 11) is 0. The van der Waals surface area contributed by atoms with Crippen molar-refractivity contribution in [2.45, 2.75) is 52.1 Å². The van der Waals surface area contributed by atoms with Gasteiger partial charge in [0.25, 0.3) is 0 Å². The summed E-state index contributed by atoms with van der Waals surface area (Å²) in [6.45, 7) is 13.1. The van der Waals surface area contributed by atoms with E-state index in [1.54, 1.807) is 12.1 Å². The Bertz CT molecular complexity index is 496. The van der Waals surface area contributed by atoms with Crippen molar-refractivity contribution in [2.75, 3.05) is 6.54 Å². The van der Waals surface area contributed by atoms with Crippen LogP contribution < -0.4 is 5.32 Å². The Balaban J connectivity index is 1.85. The monoisotopic (exact) mass is 288 g/mol. The van der Waals surface area contributed by atoms with E-state index in [-0.39, 0.29) is 11.2 Å². The number of nitrogens with zero attached hydrogens (tertiary/aromatic N) is 1. The topological polar surface area (TPSA) is 16.4 Å². The third-order valence-electron chi connectivity index (χ3n) is 5.08. The summed E-state index contributed by atoms with van der Waals surface area (Å²) in [5.74, 6) is 0.393. The molecule has 21 heavy (non-hydrogen) atoms. The minimum absolute atomic E-state index is 0.172. The number of hydrogen-bond donors (Lipinski definition) is 1. The maximum atomic E-state index is 13.2. The van der Waals surface area contributed by atoms with Crippen molar-refractivity contribution in [3.05, 3.63) is 47.1 Å². The van der Waals surface area contributed by atoms with Crippen LogP contribution >= 0.6 is 0 Å². The molecule has 2 nitrogen and oxygen atoms in total. The zero-order chi connectivity index (χ0) is 15.3. The van der Waals surface area contributed by atoms with E-state index in [0.717, 1.165) is 37.8 Å². The average molecular weight is 288 g/mol. The first kappa shape index (κ1) is 16.0. The molecule has 1 saturated carbocycles. The van der Waals surface area contributed by atoms with Crippen LogP contribution in [0.5, 0.6) is 0 Å². The number of hydrogen-bond acceptors (Lipinski definition) is 1. The number of benzene rings is 1. The van der Waals surface area contributed by atoms with Gasteiger partial charge in [-0.2, -0.15) is 0 Å². The third kappa shape index (κ3) is 4.04. The van der Waals surface area contributed by atoms with Gasteiger partial charge in [-0.05, 0) is 49.3 Å². The van der Waals surface area contributed by atoms with Crippen LogP contribution in [-0.2, 0) is 6.54 Å². The van der Waals surface area contributed by atoms with Crippen LogP contribution in [-0.4, -0.2) is 12.6 Å². The van der Waals surface area contributed by atoms with Crippen molar-refractivity contribution in [3.63, 3.8) is 0 Å². The van der Waals surface area contributed by atoms with Crippen LogP contribution in [0.25, 0.3) is 4.85 Å². The van der Waals surface area contributed by atoms with Crippen LogP contribution in [0.3, 0.4) is 0 Å². The van der Waals surface area contributed by atoms with Gasteiger partial charge in [-0.1, -0.05) is 26.0 Å². The summed E-state index contributed by atoms with van der Waals surface area (Å²) in [6.07, 6.45) is 4.47. The van der Waals surface area contributed by atoms with E-state index in [1.807, 2.05) is 6.07 Å². The van der Waals surface area contributed by atoms with E-state index < -0.39 is 0 Å². The lowest BCUT2D eigenvalue weighted by Gasteiger charge is -2.40. The van der Waals surface area contributed by atoms with Gasteiger partial charge in [-0.3, -0.25) is 0 Å². The fourth-order valence-electron chi connectivity index (χ4n) is 3.38. The normalized spacial score (nSPS) is 25.8. The molecule has 114 valence electrons. The Labute approximate surface area is 127 Å². The zero-order valence-electron chi connectivity index (χ0n) is 13.0. The molecular weight excluding hydrogens is 263 g/mol. The second-order valence-electron chi connectivity index (χ2n) is 6.62. The summed E-state index contributed by atoms with van der Waals surface area (Å²) in [5, 5.41) is 3.54. The predicted octanol–water partition coefficient (Wildman–Crippen LogP) is 4.42. The van der Waals surface area contributed by atoms with Crippen molar-refractivity contribution in [1.29, 1.82) is 0 Å². The highest BCUT2D eigenvalue weighted by atomic mass is 19.1. The molecule has 1 fully saturated rings. The molecule has 0 aliphatic heterocycles. The molecule has 0 spiro atoms. The smallest absolute Gasteiger partial charge is 0.220 e. The molecule has 0 heterocycles. The van der Waals surface area contributed by atoms with Gasteiger partial charge in [-0.25, -0.2) is 11.0 Å². The minimum Gasteiger partial charge on any atom is -0.316 e. The average Bonchev–Trinajstić information content (AvgIpc) is 2.47. The Kier molecular flexibility index (Phi) is 5.36. The number of rotatable bonds is 5. The Morgan fingerprint density at radius 2 is 2.10 bits per heavy atom. The maximum absolute atomic E-state index is 13.2. The molecule has 0 radical (unpaired) electrons. The van der Waals surface area contributed by atoms with E-state index in [1.165, 1.54) is 6.07 Å². The fraction of sp³-hybridized carbons (Fsp3) is 0.611. The third-order valence-corrected chi connectivity index (χ3v) is 5.08. The molecule has 0 aromatic heterocycles. The van der Waals surface area contributed by atoms with Crippen molar-refractivity contribution in [3.8, 4) is 0 Å². The summed E-state index contributed by atoms with van der Waals surface area (Å²) < 4.78 is 13.2. The molecule has 0 unspecified atom stereocenters. The molecule has 0 amide bonds. The van der Waals surface area contributed by atoms with Crippen molar-refractivity contribution in [2.24, 2.45) is 11.3 Å². The molecule has 0 atom stereocenters. The maximum Gasteiger partial charge on any atom is 0.220 e. The molecule has 3 heteroatoms. The van der Waals surface area contributed by atoms with Gasteiger partial charge in [0.2, 0.25) is 6.54 Å². The molecular formula is C18H25FN2. The summed E-state index contributed by atoms with van der Waals surface area (Å²) in [4.78, 5) is 3.67. The van der Waals surface area contributed by atoms with E-state index >= 15 is 0 Å². The van der Waals surface area contributed by atoms with Gasteiger partial charge in [0.15, 0.2) is 0 Å². The highest BCUT2D eigenvalue weighted by Crippen LogP contribution is 2.42. The minimum atomic E-state index is -0.172. The van der Waals surface area contributed by atoms with Gasteiger partial charge < -0.3 is 10.2 Å². The Morgan fingerprint density at radius 1 is 1.38 bits per heavy atom. The second kappa shape index (κ2) is 7.04. The highest BCUT2D eigenvalue weighted by molar-refractivity contribution is 5.16.